The van der Waals surface area contributed by atoms with E-state index in [1.165, 1.54) is 17.3 Å². The van der Waals surface area contributed by atoms with E-state index in [4.69, 9.17) is 16.6 Å². The summed E-state index contributed by atoms with van der Waals surface area (Å²) in [6.45, 7) is 10.7. The van der Waals surface area contributed by atoms with Gasteiger partial charge in [-0.1, -0.05) is 57.1 Å². The Labute approximate surface area is 194 Å². The Balaban J connectivity index is 1.79. The number of carbonyl (C=O) groups is 1. The van der Waals surface area contributed by atoms with E-state index in [-0.39, 0.29) is 16.6 Å². The first-order chi connectivity index (χ1) is 14.6. The molecule has 2 unspecified atom stereocenters. The predicted molar refractivity (Wildman–Crippen MR) is 129 cm³/mol. The average molecular weight is 456 g/mol. The summed E-state index contributed by atoms with van der Waals surface area (Å²) in [6.07, 6.45) is 3.61. The summed E-state index contributed by atoms with van der Waals surface area (Å²) in [5.41, 5.74) is 4.69. The lowest BCUT2D eigenvalue weighted by atomic mass is 9.71. The largest absolute Gasteiger partial charge is 0.325 e. The number of fused-ring (bicyclic) bond motifs is 1. The van der Waals surface area contributed by atoms with Gasteiger partial charge in [0.25, 0.3) is 0 Å². The van der Waals surface area contributed by atoms with Crippen LogP contribution in [0.25, 0.3) is 0 Å². The molecular formula is C25H30ClN3OS. The third kappa shape index (κ3) is 5.61. The number of benzene rings is 1. The highest BCUT2D eigenvalue weighted by atomic mass is 35.5. The topological polar surface area (TPSA) is 65.8 Å². The van der Waals surface area contributed by atoms with Crippen LogP contribution in [0.1, 0.15) is 62.9 Å². The number of aryl methyl sites for hydroxylation is 2. The lowest BCUT2D eigenvalue weighted by Gasteiger charge is -2.34. The van der Waals surface area contributed by atoms with Crippen LogP contribution in [0.15, 0.2) is 29.3 Å². The smallest absolute Gasteiger partial charge is 0.237 e. The van der Waals surface area contributed by atoms with Crippen molar-refractivity contribution in [1.29, 1.82) is 5.26 Å². The number of hydrogen-bond acceptors (Lipinski definition) is 4. The highest BCUT2D eigenvalue weighted by Gasteiger charge is 2.30. The Kier molecular flexibility index (Phi) is 7.34. The van der Waals surface area contributed by atoms with Crippen molar-refractivity contribution in [3.8, 4) is 6.07 Å². The molecule has 1 heterocycles. The number of hydrogen-bond donors (Lipinski definition) is 1. The molecule has 0 saturated carbocycles. The zero-order chi connectivity index (χ0) is 22.8. The van der Waals surface area contributed by atoms with Crippen molar-refractivity contribution in [3.63, 3.8) is 0 Å². The Hall–Kier alpha value is -2.03. The Bertz CT molecular complexity index is 1020. The lowest BCUT2D eigenvalue weighted by Crippen LogP contribution is -2.28. The number of aromatic nitrogens is 1. The molecule has 2 aromatic rings. The number of amides is 1. The summed E-state index contributed by atoms with van der Waals surface area (Å²) in [7, 11) is 0. The van der Waals surface area contributed by atoms with E-state index in [9.17, 15) is 10.1 Å². The van der Waals surface area contributed by atoms with Crippen LogP contribution in [0.3, 0.4) is 0 Å². The van der Waals surface area contributed by atoms with E-state index in [2.05, 4.69) is 32.2 Å². The first-order valence-electron chi connectivity index (χ1n) is 10.8. The number of thioether (sulfide) groups is 1. The van der Waals surface area contributed by atoms with Crippen molar-refractivity contribution < 1.29 is 4.79 Å². The lowest BCUT2D eigenvalue weighted by molar-refractivity contribution is -0.115. The fraction of sp³-hybridized carbons (Fsp3) is 0.480. The summed E-state index contributed by atoms with van der Waals surface area (Å²) < 4.78 is 0. The summed E-state index contributed by atoms with van der Waals surface area (Å²) in [4.78, 5) is 17.7. The van der Waals surface area contributed by atoms with Gasteiger partial charge in [0.2, 0.25) is 5.91 Å². The number of rotatable bonds is 5. The highest BCUT2D eigenvalue weighted by Crippen LogP contribution is 2.38. The maximum atomic E-state index is 12.9. The number of halogens is 1. The van der Waals surface area contributed by atoms with Gasteiger partial charge in [0, 0.05) is 16.4 Å². The van der Waals surface area contributed by atoms with Crippen molar-refractivity contribution in [2.24, 2.45) is 11.3 Å². The van der Waals surface area contributed by atoms with Crippen LogP contribution in [-0.4, -0.2) is 16.1 Å². The molecule has 1 aromatic carbocycles. The van der Waals surface area contributed by atoms with Crippen LogP contribution in [0.2, 0.25) is 5.02 Å². The second-order valence-corrected chi connectivity index (χ2v) is 10.9. The van der Waals surface area contributed by atoms with Crippen molar-refractivity contribution >= 4 is 35.0 Å². The van der Waals surface area contributed by atoms with Crippen molar-refractivity contribution in [2.75, 3.05) is 5.32 Å². The molecule has 0 fully saturated rings. The van der Waals surface area contributed by atoms with E-state index in [1.807, 2.05) is 32.0 Å². The monoisotopic (exact) mass is 455 g/mol. The van der Waals surface area contributed by atoms with E-state index in [0.29, 0.717) is 33.6 Å². The third-order valence-corrected chi connectivity index (χ3v) is 7.83. The Morgan fingerprint density at radius 1 is 1.39 bits per heavy atom. The molecule has 2 atom stereocenters. The molecule has 0 radical (unpaired) electrons. The number of nitrogens with one attached hydrogen (secondary N) is 1. The molecule has 1 amide bonds. The first kappa shape index (κ1) is 23.6. The number of anilines is 1. The number of pyridine rings is 1. The minimum Gasteiger partial charge on any atom is -0.325 e. The standard InChI is InChI=1S/C25H30ClN3OS/c1-6-22(23(30)28-19-9-7-15(2)20(26)13-19)31-24-17(14-27)11-16-12-18(25(3,4)5)8-10-21(16)29-24/h7,9,11,13,18,22H,6,8,10,12H2,1-5H3,(H,28,30). The van der Waals surface area contributed by atoms with Crippen LogP contribution < -0.4 is 5.32 Å². The van der Waals surface area contributed by atoms with Gasteiger partial charge in [-0.05, 0) is 73.3 Å². The molecule has 31 heavy (non-hydrogen) atoms. The Morgan fingerprint density at radius 2 is 2.13 bits per heavy atom. The van der Waals surface area contributed by atoms with Gasteiger partial charge in [-0.25, -0.2) is 4.98 Å². The SMILES string of the molecule is CCC(Sc1nc2c(cc1C#N)CC(C(C)(C)C)CC2)C(=O)Nc1ccc(C)c(Cl)c1. The molecule has 1 aliphatic rings. The summed E-state index contributed by atoms with van der Waals surface area (Å²) in [5.74, 6) is 0.478. The minimum atomic E-state index is -0.344. The van der Waals surface area contributed by atoms with Crippen LogP contribution in [0, 0.1) is 29.6 Å². The molecular weight excluding hydrogens is 426 g/mol. The second kappa shape index (κ2) is 9.63. The molecule has 1 N–H and O–H groups in total. The third-order valence-electron chi connectivity index (χ3n) is 6.05. The van der Waals surface area contributed by atoms with Gasteiger partial charge >= 0.3 is 0 Å². The summed E-state index contributed by atoms with van der Waals surface area (Å²) in [6, 6.07) is 9.78. The quantitative estimate of drug-likeness (QED) is 0.517. The predicted octanol–water partition coefficient (Wildman–Crippen LogP) is 6.58. The van der Waals surface area contributed by atoms with Gasteiger partial charge in [-0.3, -0.25) is 4.79 Å². The molecule has 4 nitrogen and oxygen atoms in total. The van der Waals surface area contributed by atoms with E-state index < -0.39 is 0 Å². The van der Waals surface area contributed by atoms with Crippen LogP contribution in [-0.2, 0) is 17.6 Å². The van der Waals surface area contributed by atoms with Gasteiger partial charge in [-0.2, -0.15) is 5.26 Å². The van der Waals surface area contributed by atoms with Crippen molar-refractivity contribution in [1.82, 2.24) is 4.98 Å². The Morgan fingerprint density at radius 3 is 2.74 bits per heavy atom. The van der Waals surface area contributed by atoms with Gasteiger partial charge in [0.1, 0.15) is 11.1 Å². The van der Waals surface area contributed by atoms with Crippen LogP contribution in [0.5, 0.6) is 0 Å². The molecule has 0 spiro atoms. The molecule has 164 valence electrons. The molecule has 0 bridgehead atoms. The number of carbonyl (C=O) groups excluding carboxylic acids is 1. The van der Waals surface area contributed by atoms with Crippen molar-refractivity contribution in [2.45, 2.75) is 70.6 Å². The zero-order valence-electron chi connectivity index (χ0n) is 18.9. The fourth-order valence-corrected chi connectivity index (χ4v) is 5.08. The average Bonchev–Trinajstić information content (AvgIpc) is 2.72. The minimum absolute atomic E-state index is 0.108. The van der Waals surface area contributed by atoms with Crippen LogP contribution in [0.4, 0.5) is 5.69 Å². The molecule has 1 aliphatic carbocycles. The van der Waals surface area contributed by atoms with E-state index in [1.54, 1.807) is 6.07 Å². The van der Waals surface area contributed by atoms with Gasteiger partial charge in [0.15, 0.2) is 0 Å². The van der Waals surface area contributed by atoms with Crippen LogP contribution >= 0.6 is 23.4 Å². The summed E-state index contributed by atoms with van der Waals surface area (Å²) in [5, 5.41) is 13.6. The number of nitrogens with zero attached hydrogens (tertiary/aromatic N) is 2. The zero-order valence-corrected chi connectivity index (χ0v) is 20.5. The normalized spacial score (nSPS) is 16.9. The molecule has 0 saturated heterocycles. The maximum Gasteiger partial charge on any atom is 0.237 e. The first-order valence-corrected chi connectivity index (χ1v) is 12.0. The van der Waals surface area contributed by atoms with Gasteiger partial charge in [-0.15, -0.1) is 0 Å². The highest BCUT2D eigenvalue weighted by molar-refractivity contribution is 8.00. The number of nitriles is 1. The fourth-order valence-electron chi connectivity index (χ4n) is 3.91. The van der Waals surface area contributed by atoms with E-state index in [0.717, 1.165) is 30.5 Å². The van der Waals surface area contributed by atoms with E-state index >= 15 is 0 Å². The molecule has 1 aromatic heterocycles. The maximum absolute atomic E-state index is 12.9. The van der Waals surface area contributed by atoms with Gasteiger partial charge < -0.3 is 5.32 Å². The summed E-state index contributed by atoms with van der Waals surface area (Å²) >= 11 is 7.56. The molecule has 0 aliphatic heterocycles. The van der Waals surface area contributed by atoms with Crippen molar-refractivity contribution in [3.05, 3.63) is 51.7 Å². The molecule has 3 rings (SSSR count). The van der Waals surface area contributed by atoms with Gasteiger partial charge in [0.05, 0.1) is 10.8 Å². The molecule has 6 heteroatoms. The second-order valence-electron chi connectivity index (χ2n) is 9.33.